The van der Waals surface area contributed by atoms with Gasteiger partial charge in [-0.3, -0.25) is 4.79 Å². The highest BCUT2D eigenvalue weighted by atomic mass is 16.4. The Hall–Kier alpha value is -2.04. The molecular formula is C14H18N2O3. The molecule has 1 fully saturated rings. The number of urea groups is 1. The molecular weight excluding hydrogens is 244 g/mol. The molecule has 1 unspecified atom stereocenters. The van der Waals surface area contributed by atoms with Crippen LogP contribution in [0.25, 0.3) is 0 Å². The van der Waals surface area contributed by atoms with Gasteiger partial charge in [0.15, 0.2) is 0 Å². The molecule has 0 bridgehead atoms. The summed E-state index contributed by atoms with van der Waals surface area (Å²) < 4.78 is 0. The maximum atomic E-state index is 12.0. The summed E-state index contributed by atoms with van der Waals surface area (Å²) in [5, 5.41) is 8.83. The van der Waals surface area contributed by atoms with Gasteiger partial charge in [0.25, 0.3) is 0 Å². The Morgan fingerprint density at radius 2 is 2.00 bits per heavy atom. The molecule has 0 spiro atoms. The van der Waals surface area contributed by atoms with Gasteiger partial charge in [0.1, 0.15) is 0 Å². The van der Waals surface area contributed by atoms with Gasteiger partial charge in [-0.2, -0.15) is 0 Å². The quantitative estimate of drug-likeness (QED) is 0.898. The first-order valence-corrected chi connectivity index (χ1v) is 6.26. The summed E-state index contributed by atoms with van der Waals surface area (Å²) in [6.45, 7) is 3.01. The van der Waals surface area contributed by atoms with Crippen LogP contribution >= 0.6 is 0 Å². The summed E-state index contributed by atoms with van der Waals surface area (Å²) in [5.41, 5.74) is 2.24. The second-order valence-corrected chi connectivity index (χ2v) is 5.01. The highest BCUT2D eigenvalue weighted by molar-refractivity contribution is 5.78. The number of hydrogen-bond donors (Lipinski definition) is 1. The van der Waals surface area contributed by atoms with Gasteiger partial charge in [-0.15, -0.1) is 0 Å². The van der Waals surface area contributed by atoms with Gasteiger partial charge in [-0.05, 0) is 12.5 Å². The highest BCUT2D eigenvalue weighted by Crippen LogP contribution is 2.19. The van der Waals surface area contributed by atoms with Crippen molar-refractivity contribution in [2.24, 2.45) is 0 Å². The fourth-order valence-electron chi connectivity index (χ4n) is 2.28. The molecule has 0 aromatic heterocycles. The van der Waals surface area contributed by atoms with Gasteiger partial charge in [-0.1, -0.05) is 29.8 Å². The van der Waals surface area contributed by atoms with E-state index in [0.29, 0.717) is 13.1 Å². The Morgan fingerprint density at radius 1 is 1.37 bits per heavy atom. The molecule has 5 heteroatoms. The van der Waals surface area contributed by atoms with Crippen LogP contribution in [-0.2, 0) is 11.3 Å². The van der Waals surface area contributed by atoms with E-state index in [1.54, 1.807) is 11.9 Å². The second-order valence-electron chi connectivity index (χ2n) is 5.01. The van der Waals surface area contributed by atoms with Gasteiger partial charge >= 0.3 is 12.0 Å². The number of likely N-dealkylation sites (N-methyl/N-ethyl adjacent to an activating group) is 1. The highest BCUT2D eigenvalue weighted by Gasteiger charge is 2.35. The smallest absolute Gasteiger partial charge is 0.320 e. The van der Waals surface area contributed by atoms with E-state index in [4.69, 9.17) is 5.11 Å². The minimum absolute atomic E-state index is 0.00730. The lowest BCUT2D eigenvalue weighted by molar-refractivity contribution is -0.137. The lowest BCUT2D eigenvalue weighted by atomic mass is 10.1. The molecule has 19 heavy (non-hydrogen) atoms. The Bertz CT molecular complexity index is 484. The standard InChI is InChI=1S/C14H18N2O3/c1-10-3-5-11(6-4-10)8-16-9-12(7-13(17)18)15(2)14(16)19/h3-6,12H,7-9H2,1-2H3,(H,17,18). The number of benzene rings is 1. The number of carbonyl (C=O) groups excluding carboxylic acids is 1. The summed E-state index contributed by atoms with van der Waals surface area (Å²) in [6, 6.07) is 7.66. The Kier molecular flexibility index (Phi) is 3.74. The van der Waals surface area contributed by atoms with E-state index in [-0.39, 0.29) is 18.5 Å². The molecule has 0 saturated carbocycles. The number of rotatable bonds is 4. The number of nitrogens with zero attached hydrogens (tertiary/aromatic N) is 2. The van der Waals surface area contributed by atoms with Crippen molar-refractivity contribution in [3.8, 4) is 0 Å². The van der Waals surface area contributed by atoms with Crippen LogP contribution in [0, 0.1) is 6.92 Å². The fraction of sp³-hybridized carbons (Fsp3) is 0.429. The molecule has 1 atom stereocenters. The van der Waals surface area contributed by atoms with Crippen molar-refractivity contribution in [2.75, 3.05) is 13.6 Å². The van der Waals surface area contributed by atoms with E-state index >= 15 is 0 Å². The maximum Gasteiger partial charge on any atom is 0.320 e. The molecule has 1 aliphatic rings. The van der Waals surface area contributed by atoms with E-state index in [9.17, 15) is 9.59 Å². The summed E-state index contributed by atoms with van der Waals surface area (Å²) >= 11 is 0. The largest absolute Gasteiger partial charge is 0.481 e. The Labute approximate surface area is 112 Å². The first kappa shape index (κ1) is 13.4. The normalized spacial score (nSPS) is 19.1. The molecule has 1 saturated heterocycles. The predicted octanol–water partition coefficient (Wildman–Crippen LogP) is 1.71. The van der Waals surface area contributed by atoms with Crippen molar-refractivity contribution in [3.05, 3.63) is 35.4 Å². The van der Waals surface area contributed by atoms with Crippen molar-refractivity contribution in [1.82, 2.24) is 9.80 Å². The van der Waals surface area contributed by atoms with E-state index in [1.165, 1.54) is 10.5 Å². The minimum atomic E-state index is -0.873. The predicted molar refractivity (Wildman–Crippen MR) is 70.8 cm³/mol. The summed E-state index contributed by atoms with van der Waals surface area (Å²) in [7, 11) is 1.66. The number of aryl methyl sites for hydroxylation is 1. The van der Waals surface area contributed by atoms with Crippen LogP contribution < -0.4 is 0 Å². The lowest BCUT2D eigenvalue weighted by Crippen LogP contribution is -2.32. The molecule has 0 aliphatic carbocycles. The number of hydrogen-bond acceptors (Lipinski definition) is 2. The van der Waals surface area contributed by atoms with Crippen LogP contribution in [-0.4, -0.2) is 46.5 Å². The summed E-state index contributed by atoms with van der Waals surface area (Å²) in [6.07, 6.45) is -0.00730. The molecule has 0 radical (unpaired) electrons. The van der Waals surface area contributed by atoms with Crippen molar-refractivity contribution in [2.45, 2.75) is 25.9 Å². The molecule has 1 N–H and O–H groups in total. The average Bonchev–Trinajstić information content (AvgIpc) is 2.60. The van der Waals surface area contributed by atoms with Gasteiger partial charge in [0.2, 0.25) is 0 Å². The van der Waals surface area contributed by atoms with E-state index in [1.807, 2.05) is 31.2 Å². The van der Waals surface area contributed by atoms with Crippen molar-refractivity contribution >= 4 is 12.0 Å². The van der Waals surface area contributed by atoms with E-state index in [2.05, 4.69) is 0 Å². The molecule has 1 aromatic carbocycles. The Morgan fingerprint density at radius 3 is 2.58 bits per heavy atom. The second kappa shape index (κ2) is 5.30. The monoisotopic (exact) mass is 262 g/mol. The summed E-state index contributed by atoms with van der Waals surface area (Å²) in [5.74, 6) is -0.873. The van der Waals surface area contributed by atoms with E-state index < -0.39 is 5.97 Å². The SMILES string of the molecule is Cc1ccc(CN2CC(CC(=O)O)N(C)C2=O)cc1. The van der Waals surface area contributed by atoms with Crippen LogP contribution in [0.1, 0.15) is 17.5 Å². The number of amides is 2. The van der Waals surface area contributed by atoms with Gasteiger partial charge in [0, 0.05) is 20.1 Å². The zero-order valence-corrected chi connectivity index (χ0v) is 11.2. The van der Waals surface area contributed by atoms with Crippen LogP contribution in [0.4, 0.5) is 4.79 Å². The molecule has 1 heterocycles. The van der Waals surface area contributed by atoms with Crippen molar-refractivity contribution in [1.29, 1.82) is 0 Å². The zero-order valence-electron chi connectivity index (χ0n) is 11.2. The van der Waals surface area contributed by atoms with Gasteiger partial charge < -0.3 is 14.9 Å². The Balaban J connectivity index is 2.03. The van der Waals surface area contributed by atoms with Crippen molar-refractivity contribution in [3.63, 3.8) is 0 Å². The lowest BCUT2D eigenvalue weighted by Gasteiger charge is -2.16. The maximum absolute atomic E-state index is 12.0. The average molecular weight is 262 g/mol. The van der Waals surface area contributed by atoms with Gasteiger partial charge in [0.05, 0.1) is 12.5 Å². The van der Waals surface area contributed by atoms with E-state index in [0.717, 1.165) is 5.56 Å². The number of carboxylic acid groups (broad SMARTS) is 1. The fourth-order valence-corrected chi connectivity index (χ4v) is 2.28. The third-order valence-electron chi connectivity index (χ3n) is 3.46. The molecule has 5 nitrogen and oxygen atoms in total. The molecule has 1 aliphatic heterocycles. The van der Waals surface area contributed by atoms with Gasteiger partial charge in [-0.25, -0.2) is 4.79 Å². The third-order valence-corrected chi connectivity index (χ3v) is 3.46. The number of carbonyl (C=O) groups is 2. The number of carboxylic acids is 1. The summed E-state index contributed by atoms with van der Waals surface area (Å²) in [4.78, 5) is 26.0. The third kappa shape index (κ3) is 3.05. The van der Waals surface area contributed by atoms with Crippen LogP contribution in [0.3, 0.4) is 0 Å². The first-order valence-electron chi connectivity index (χ1n) is 6.26. The number of aliphatic carboxylic acids is 1. The molecule has 2 rings (SSSR count). The topological polar surface area (TPSA) is 60.9 Å². The zero-order chi connectivity index (χ0) is 14.0. The van der Waals surface area contributed by atoms with Crippen LogP contribution in [0.5, 0.6) is 0 Å². The van der Waals surface area contributed by atoms with Crippen LogP contribution in [0.2, 0.25) is 0 Å². The van der Waals surface area contributed by atoms with Crippen molar-refractivity contribution < 1.29 is 14.7 Å². The molecule has 1 aromatic rings. The minimum Gasteiger partial charge on any atom is -0.481 e. The van der Waals surface area contributed by atoms with Crippen LogP contribution in [0.15, 0.2) is 24.3 Å². The molecule has 2 amide bonds. The first-order chi connectivity index (χ1) is 8.97. The molecule has 102 valence electrons.